The van der Waals surface area contributed by atoms with Crippen molar-refractivity contribution in [2.45, 2.75) is 52.2 Å². The van der Waals surface area contributed by atoms with Crippen molar-refractivity contribution in [2.75, 3.05) is 7.11 Å². The number of hydrogen-bond donors (Lipinski definition) is 0. The zero-order valence-corrected chi connectivity index (χ0v) is 11.4. The Morgan fingerprint density at radius 3 is 2.37 bits per heavy atom. The molecule has 106 valence electrons. The van der Waals surface area contributed by atoms with Crippen molar-refractivity contribution in [1.29, 1.82) is 0 Å². The molecule has 0 spiro atoms. The second kappa shape index (κ2) is 5.24. The van der Waals surface area contributed by atoms with Gasteiger partial charge in [0.25, 0.3) is 0 Å². The summed E-state index contributed by atoms with van der Waals surface area (Å²) in [6.45, 7) is -5.56. The number of carbonyl (C=O) groups is 1. The second-order valence-electron chi connectivity index (χ2n) is 5.19. The van der Waals surface area contributed by atoms with Crippen LogP contribution in [0.15, 0.2) is 18.2 Å². The van der Waals surface area contributed by atoms with Crippen molar-refractivity contribution < 1.29 is 28.0 Å². The summed E-state index contributed by atoms with van der Waals surface area (Å²) in [5.74, 6) is -0.784. The molecule has 1 aromatic carbocycles. The van der Waals surface area contributed by atoms with Crippen LogP contribution in [-0.4, -0.2) is 13.3 Å². The molecule has 0 bridgehead atoms. The molecule has 0 amide bonds. The Kier molecular flexibility index (Phi) is 1.73. The molecule has 0 N–H and O–H groups in total. The molecule has 0 atom stereocenters. The van der Waals surface area contributed by atoms with Crippen molar-refractivity contribution in [3.8, 4) is 5.75 Å². The van der Waals surface area contributed by atoms with Crippen LogP contribution in [-0.2, 0) is 15.6 Å². The fourth-order valence-corrected chi connectivity index (χ4v) is 1.40. The van der Waals surface area contributed by atoms with Gasteiger partial charge in [-0.05, 0) is 22.4 Å². The van der Waals surface area contributed by atoms with Crippen molar-refractivity contribution in [2.24, 2.45) is 0 Å². The van der Waals surface area contributed by atoms with Crippen LogP contribution in [0.5, 0.6) is 5.75 Å². The first-order valence-corrected chi connectivity index (χ1v) is 5.63. The van der Waals surface area contributed by atoms with Crippen LogP contribution < -0.4 is 4.74 Å². The van der Waals surface area contributed by atoms with Gasteiger partial charge in [0.2, 0.25) is 0 Å². The van der Waals surface area contributed by atoms with Crippen LogP contribution >= 0.6 is 0 Å². The molecule has 0 aliphatic rings. The van der Waals surface area contributed by atoms with E-state index in [1.165, 1.54) is 6.07 Å². The Morgan fingerprint density at radius 2 is 1.89 bits per heavy atom. The normalized spacial score (nSPS) is 21.9. The third kappa shape index (κ3) is 3.98. The first kappa shape index (κ1) is 6.29. The summed E-state index contributed by atoms with van der Waals surface area (Å²) in [5.41, 5.74) is -4.61. The van der Waals surface area contributed by atoms with Crippen molar-refractivity contribution >= 4 is 6.16 Å². The molecular weight excluding hydrogens is 240 g/mol. The van der Waals surface area contributed by atoms with Gasteiger partial charge in [0, 0.05) is 17.9 Å². The highest BCUT2D eigenvalue weighted by molar-refractivity contribution is 5.65. The van der Waals surface area contributed by atoms with E-state index in [9.17, 15) is 4.79 Å². The molecule has 0 aliphatic heterocycles. The minimum Gasteiger partial charge on any atom is -0.437 e. The molecule has 0 aliphatic carbocycles. The van der Waals surface area contributed by atoms with E-state index in [0.717, 1.165) is 13.2 Å². The SMILES string of the molecule is [2H]c1cc(C(C)(C)C)cc(C(C([2H])([2H])[2H])(C([2H])([2H])[2H])C([2H])([2H])[2H])c1OC(=O)OC. The van der Waals surface area contributed by atoms with Gasteiger partial charge in [0.05, 0.1) is 8.48 Å². The van der Waals surface area contributed by atoms with Gasteiger partial charge in [0.15, 0.2) is 0 Å². The van der Waals surface area contributed by atoms with E-state index in [2.05, 4.69) is 4.74 Å². The molecule has 0 aromatic heterocycles. The highest BCUT2D eigenvalue weighted by Crippen LogP contribution is 2.35. The molecule has 0 saturated heterocycles. The van der Waals surface area contributed by atoms with Crippen LogP contribution in [0.2, 0.25) is 0 Å². The van der Waals surface area contributed by atoms with Crippen LogP contribution in [0, 0.1) is 0 Å². The maximum Gasteiger partial charge on any atom is 0.513 e. The van der Waals surface area contributed by atoms with E-state index in [-0.39, 0.29) is 0 Å². The summed E-state index contributed by atoms with van der Waals surface area (Å²) in [4.78, 5) is 11.7. The lowest BCUT2D eigenvalue weighted by atomic mass is 9.80. The van der Waals surface area contributed by atoms with Crippen LogP contribution in [0.3, 0.4) is 0 Å². The third-order valence-electron chi connectivity index (χ3n) is 2.53. The standard InChI is InChI=1S/C16H24O3/c1-15(2,3)11-8-9-13(19-14(17)18-7)12(10-11)16(4,5)6/h8-10H,1-7H3/i4D3,5D3,6D3,9D. The molecule has 0 fully saturated rings. The Morgan fingerprint density at radius 1 is 1.26 bits per heavy atom. The lowest BCUT2D eigenvalue weighted by Crippen LogP contribution is -2.19. The van der Waals surface area contributed by atoms with Crippen molar-refractivity contribution in [1.82, 2.24) is 0 Å². The number of methoxy groups -OCH3 is 1. The molecular formula is C16H24O3. The first-order chi connectivity index (χ1) is 12.7. The molecule has 0 saturated carbocycles. The zero-order valence-electron chi connectivity index (χ0n) is 21.4. The minimum absolute atomic E-state index is 0.303. The van der Waals surface area contributed by atoms with E-state index in [1.807, 2.05) is 0 Å². The summed E-state index contributed by atoms with van der Waals surface area (Å²) < 4.78 is 88.4. The maximum atomic E-state index is 11.7. The minimum atomic E-state index is -3.57. The lowest BCUT2D eigenvalue weighted by Gasteiger charge is -2.26. The van der Waals surface area contributed by atoms with Crippen LogP contribution in [0.25, 0.3) is 0 Å². The average Bonchev–Trinajstić information content (AvgIpc) is 2.44. The summed E-state index contributed by atoms with van der Waals surface area (Å²) in [6, 6.07) is 1.78. The van der Waals surface area contributed by atoms with E-state index >= 15 is 0 Å². The van der Waals surface area contributed by atoms with Crippen molar-refractivity contribution in [3.63, 3.8) is 0 Å². The van der Waals surface area contributed by atoms with Crippen molar-refractivity contribution in [3.05, 3.63) is 29.3 Å². The van der Waals surface area contributed by atoms with Gasteiger partial charge < -0.3 is 9.47 Å². The average molecular weight is 274 g/mol. The van der Waals surface area contributed by atoms with Gasteiger partial charge in [-0.3, -0.25) is 0 Å². The molecule has 19 heavy (non-hydrogen) atoms. The fraction of sp³-hybridized carbons (Fsp3) is 0.562. The van der Waals surface area contributed by atoms with Gasteiger partial charge in [-0.15, -0.1) is 0 Å². The largest absolute Gasteiger partial charge is 0.513 e. The Balaban J connectivity index is 4.26. The number of ether oxygens (including phenoxy) is 2. The Hall–Kier alpha value is -1.51. The number of rotatable bonds is 1. The zero-order chi connectivity index (χ0) is 23.2. The molecule has 1 aromatic rings. The van der Waals surface area contributed by atoms with Gasteiger partial charge in [-0.25, -0.2) is 4.79 Å². The first-order valence-electron chi connectivity index (χ1n) is 10.6. The van der Waals surface area contributed by atoms with E-state index < -0.39 is 54.9 Å². The van der Waals surface area contributed by atoms with Gasteiger partial charge in [-0.1, -0.05) is 53.5 Å². The lowest BCUT2D eigenvalue weighted by molar-refractivity contribution is 0.120. The topological polar surface area (TPSA) is 35.5 Å². The molecule has 3 nitrogen and oxygen atoms in total. The molecule has 1 rings (SSSR count). The molecule has 0 unspecified atom stereocenters. The van der Waals surface area contributed by atoms with E-state index in [4.69, 9.17) is 18.4 Å². The summed E-state index contributed by atoms with van der Waals surface area (Å²) in [6.07, 6.45) is -1.35. The maximum absolute atomic E-state index is 11.7. The predicted molar refractivity (Wildman–Crippen MR) is 76.9 cm³/mol. The summed E-state index contributed by atoms with van der Waals surface area (Å²) >= 11 is 0. The number of benzene rings is 1. The van der Waals surface area contributed by atoms with Gasteiger partial charge in [0.1, 0.15) is 5.75 Å². The highest BCUT2D eigenvalue weighted by Gasteiger charge is 2.24. The Labute approximate surface area is 130 Å². The quantitative estimate of drug-likeness (QED) is 0.561. The number of hydrogen-bond acceptors (Lipinski definition) is 3. The third-order valence-corrected chi connectivity index (χ3v) is 2.53. The Bertz CT molecular complexity index is 733. The summed E-state index contributed by atoms with van der Waals surface area (Å²) in [7, 11) is 0.958. The number of carbonyl (C=O) groups excluding carboxylic acids is 1. The van der Waals surface area contributed by atoms with Crippen LogP contribution in [0.4, 0.5) is 4.79 Å². The van der Waals surface area contributed by atoms with Gasteiger partial charge >= 0.3 is 6.16 Å². The predicted octanol–water partition coefficient (Wildman–Crippen LogP) is 4.43. The molecule has 0 heterocycles. The molecule has 3 heteroatoms. The second-order valence-corrected chi connectivity index (χ2v) is 5.19. The van der Waals surface area contributed by atoms with Gasteiger partial charge in [-0.2, -0.15) is 0 Å². The summed E-state index contributed by atoms with van der Waals surface area (Å²) in [5, 5.41) is 0. The molecule has 0 radical (unpaired) electrons. The van der Waals surface area contributed by atoms with E-state index in [0.29, 0.717) is 5.56 Å². The highest BCUT2D eigenvalue weighted by atomic mass is 16.7. The smallest absolute Gasteiger partial charge is 0.437 e. The monoisotopic (exact) mass is 274 g/mol. The fourth-order valence-electron chi connectivity index (χ4n) is 1.40. The van der Waals surface area contributed by atoms with Crippen LogP contribution in [0.1, 0.15) is 66.2 Å². The van der Waals surface area contributed by atoms with E-state index in [1.54, 1.807) is 20.8 Å².